The Hall–Kier alpha value is -3.75. The van der Waals surface area contributed by atoms with Gasteiger partial charge in [-0.3, -0.25) is 14.4 Å². The molecule has 0 bridgehead atoms. The van der Waals surface area contributed by atoms with Crippen molar-refractivity contribution in [3.63, 3.8) is 0 Å². The number of hydrogen-bond acceptors (Lipinski definition) is 5. The molecule has 1 unspecified atom stereocenters. The van der Waals surface area contributed by atoms with E-state index in [4.69, 9.17) is 4.74 Å². The molecule has 3 amide bonds. The van der Waals surface area contributed by atoms with Crippen LogP contribution >= 0.6 is 0 Å². The van der Waals surface area contributed by atoms with Crippen molar-refractivity contribution >= 4 is 17.7 Å². The molecule has 2 fully saturated rings. The van der Waals surface area contributed by atoms with Crippen LogP contribution in [0.15, 0.2) is 85.0 Å². The molecular weight excluding hydrogens is 518 g/mol. The number of nitrogens with zero attached hydrogens (tertiary/aromatic N) is 3. The number of amides is 3. The Morgan fingerprint density at radius 1 is 0.902 bits per heavy atom. The summed E-state index contributed by atoms with van der Waals surface area (Å²) in [6, 6.07) is 17.7. The second kappa shape index (κ2) is 10.9. The van der Waals surface area contributed by atoms with Crippen LogP contribution in [0.5, 0.6) is 0 Å². The Kier molecular flexibility index (Phi) is 7.30. The van der Waals surface area contributed by atoms with E-state index in [1.807, 2.05) is 98.8 Å². The van der Waals surface area contributed by atoms with Crippen LogP contribution in [0.3, 0.4) is 0 Å². The standard InChI is InChI=1S/C33H37N3O5/c1-22(2)35-18-10-16-33-28(27-26(41-33)15-9-17-34(30(27)38)20-24-13-7-4-8-14-24)31(39)36(29(33)32(35)40)25(21-37)19-23-11-5-3-6-12-23/h3-16,22,25-29,37H,17-21H2,1-2H3/t25-,26-,27+,28+,29?,33+/m1/s1. The van der Waals surface area contributed by atoms with Crippen LogP contribution in [-0.4, -0.2) is 87.1 Å². The number of carbonyl (C=O) groups excluding carboxylic acids is 3. The van der Waals surface area contributed by atoms with E-state index >= 15 is 0 Å². The third-order valence-corrected chi connectivity index (χ3v) is 8.97. The topological polar surface area (TPSA) is 90.4 Å². The summed E-state index contributed by atoms with van der Waals surface area (Å²) < 4.78 is 6.74. The van der Waals surface area contributed by atoms with Crippen molar-refractivity contribution in [2.45, 2.75) is 56.6 Å². The first-order chi connectivity index (χ1) is 19.9. The van der Waals surface area contributed by atoms with Crippen LogP contribution in [0.2, 0.25) is 0 Å². The largest absolute Gasteiger partial charge is 0.394 e. The maximum Gasteiger partial charge on any atom is 0.249 e. The number of benzene rings is 2. The van der Waals surface area contributed by atoms with E-state index in [1.165, 1.54) is 0 Å². The molecule has 6 atom stereocenters. The molecule has 0 saturated carbocycles. The molecule has 8 nitrogen and oxygen atoms in total. The second-order valence-corrected chi connectivity index (χ2v) is 11.7. The van der Waals surface area contributed by atoms with Gasteiger partial charge in [0.05, 0.1) is 30.6 Å². The first kappa shape index (κ1) is 27.4. The van der Waals surface area contributed by atoms with Crippen molar-refractivity contribution in [2.75, 3.05) is 19.7 Å². The van der Waals surface area contributed by atoms with Gasteiger partial charge < -0.3 is 24.5 Å². The van der Waals surface area contributed by atoms with E-state index in [0.29, 0.717) is 26.1 Å². The average Bonchev–Trinajstić information content (AvgIpc) is 3.30. The summed E-state index contributed by atoms with van der Waals surface area (Å²) in [5.41, 5.74) is 0.635. The second-order valence-electron chi connectivity index (χ2n) is 11.7. The molecule has 4 aliphatic heterocycles. The summed E-state index contributed by atoms with van der Waals surface area (Å²) in [5.74, 6) is -2.36. The van der Waals surface area contributed by atoms with Gasteiger partial charge >= 0.3 is 0 Å². The molecule has 2 aromatic rings. The van der Waals surface area contributed by atoms with Gasteiger partial charge in [0.15, 0.2) is 0 Å². The maximum atomic E-state index is 14.6. The molecule has 4 heterocycles. The molecule has 1 N–H and O–H groups in total. The van der Waals surface area contributed by atoms with E-state index in [-0.39, 0.29) is 30.4 Å². The summed E-state index contributed by atoms with van der Waals surface area (Å²) >= 11 is 0. The minimum atomic E-state index is -1.31. The van der Waals surface area contributed by atoms with Crippen molar-refractivity contribution in [1.82, 2.24) is 14.7 Å². The number of ether oxygens (including phenoxy) is 1. The van der Waals surface area contributed by atoms with Gasteiger partial charge in [0, 0.05) is 25.7 Å². The first-order valence-corrected chi connectivity index (χ1v) is 14.5. The molecule has 1 spiro atoms. The smallest absolute Gasteiger partial charge is 0.249 e. The fraction of sp³-hybridized carbons (Fsp3) is 0.424. The Balaban J connectivity index is 1.42. The van der Waals surface area contributed by atoms with Gasteiger partial charge in [0.1, 0.15) is 11.6 Å². The third-order valence-electron chi connectivity index (χ3n) is 8.97. The molecule has 4 aliphatic rings. The number of likely N-dealkylation sites (tertiary alicyclic amines) is 1. The maximum absolute atomic E-state index is 14.6. The third kappa shape index (κ3) is 4.59. The molecule has 214 valence electrons. The van der Waals surface area contributed by atoms with E-state index in [9.17, 15) is 19.5 Å². The zero-order valence-electron chi connectivity index (χ0n) is 23.5. The molecule has 2 saturated heterocycles. The van der Waals surface area contributed by atoms with Crippen LogP contribution in [0, 0.1) is 11.8 Å². The summed E-state index contributed by atoms with van der Waals surface area (Å²) in [4.78, 5) is 48.2. The first-order valence-electron chi connectivity index (χ1n) is 14.5. The highest BCUT2D eigenvalue weighted by atomic mass is 16.5. The number of rotatable bonds is 7. The summed E-state index contributed by atoms with van der Waals surface area (Å²) in [6.45, 7) is 4.78. The SMILES string of the molecule is CC(C)N1CC=C[C@]23O[C@@H]4C=CCN(Cc5ccccc5)C(=O)[C@@H]4[C@H]2C(=O)N([C@@H](CO)Cc2ccccc2)C3C1=O. The number of carbonyl (C=O) groups is 3. The molecule has 0 aromatic heterocycles. The van der Waals surface area contributed by atoms with Gasteiger partial charge in [-0.05, 0) is 31.4 Å². The fourth-order valence-electron chi connectivity index (χ4n) is 7.09. The Labute approximate surface area is 240 Å². The summed E-state index contributed by atoms with van der Waals surface area (Å²) in [6.07, 6.45) is 7.30. The summed E-state index contributed by atoms with van der Waals surface area (Å²) in [5, 5.41) is 10.6. The lowest BCUT2D eigenvalue weighted by molar-refractivity contribution is -0.152. The number of hydrogen-bond donors (Lipinski definition) is 1. The average molecular weight is 556 g/mol. The molecule has 41 heavy (non-hydrogen) atoms. The van der Waals surface area contributed by atoms with Crippen LogP contribution in [0.1, 0.15) is 25.0 Å². The zero-order chi connectivity index (χ0) is 28.7. The molecule has 0 aliphatic carbocycles. The lowest BCUT2D eigenvalue weighted by atomic mass is 9.77. The van der Waals surface area contributed by atoms with Gasteiger partial charge in [0.25, 0.3) is 0 Å². The predicted molar refractivity (Wildman–Crippen MR) is 153 cm³/mol. The lowest BCUT2D eigenvalue weighted by Crippen LogP contribution is -2.59. The quantitative estimate of drug-likeness (QED) is 0.531. The molecular formula is C33H37N3O5. The molecule has 8 heteroatoms. The summed E-state index contributed by atoms with van der Waals surface area (Å²) in [7, 11) is 0. The number of aliphatic hydroxyl groups is 1. The van der Waals surface area contributed by atoms with Crippen molar-refractivity contribution < 1.29 is 24.2 Å². The highest BCUT2D eigenvalue weighted by Gasteiger charge is 2.72. The van der Waals surface area contributed by atoms with Crippen LogP contribution in [-0.2, 0) is 32.1 Å². The van der Waals surface area contributed by atoms with E-state index in [2.05, 4.69) is 0 Å². The normalized spacial score (nSPS) is 29.9. The van der Waals surface area contributed by atoms with E-state index < -0.39 is 35.6 Å². The fourth-order valence-corrected chi connectivity index (χ4v) is 7.09. The molecule has 2 aromatic carbocycles. The van der Waals surface area contributed by atoms with Crippen LogP contribution < -0.4 is 0 Å². The zero-order valence-corrected chi connectivity index (χ0v) is 23.5. The van der Waals surface area contributed by atoms with Crippen LogP contribution in [0.25, 0.3) is 0 Å². The Bertz CT molecular complexity index is 1360. The monoisotopic (exact) mass is 555 g/mol. The van der Waals surface area contributed by atoms with Crippen molar-refractivity contribution in [2.24, 2.45) is 11.8 Å². The minimum absolute atomic E-state index is 0.102. The highest BCUT2D eigenvalue weighted by Crippen LogP contribution is 2.54. The van der Waals surface area contributed by atoms with Gasteiger partial charge in [-0.2, -0.15) is 0 Å². The van der Waals surface area contributed by atoms with E-state index in [1.54, 1.807) is 14.7 Å². The van der Waals surface area contributed by atoms with E-state index in [0.717, 1.165) is 11.1 Å². The molecule has 0 radical (unpaired) electrons. The predicted octanol–water partition coefficient (Wildman–Crippen LogP) is 2.58. The highest BCUT2D eigenvalue weighted by molar-refractivity contribution is 6.00. The minimum Gasteiger partial charge on any atom is -0.394 e. The Morgan fingerprint density at radius 3 is 2.24 bits per heavy atom. The van der Waals surface area contributed by atoms with Crippen molar-refractivity contribution in [1.29, 1.82) is 0 Å². The van der Waals surface area contributed by atoms with Gasteiger partial charge in [-0.15, -0.1) is 0 Å². The lowest BCUT2D eigenvalue weighted by Gasteiger charge is -2.39. The van der Waals surface area contributed by atoms with Crippen LogP contribution in [0.4, 0.5) is 0 Å². The number of aliphatic hydroxyl groups excluding tert-OH is 1. The number of fused-ring (bicyclic) bond motifs is 2. The van der Waals surface area contributed by atoms with Gasteiger partial charge in [-0.25, -0.2) is 0 Å². The molecule has 6 rings (SSSR count). The van der Waals surface area contributed by atoms with Gasteiger partial charge in [-0.1, -0.05) is 85.0 Å². The Morgan fingerprint density at radius 2 is 1.59 bits per heavy atom. The van der Waals surface area contributed by atoms with Crippen molar-refractivity contribution in [3.8, 4) is 0 Å². The van der Waals surface area contributed by atoms with Crippen molar-refractivity contribution in [3.05, 3.63) is 96.1 Å². The van der Waals surface area contributed by atoms with Gasteiger partial charge in [0.2, 0.25) is 17.7 Å².